The van der Waals surface area contributed by atoms with Crippen molar-refractivity contribution in [3.8, 4) is 11.5 Å². The zero-order valence-corrected chi connectivity index (χ0v) is 26.3. The highest BCUT2D eigenvalue weighted by molar-refractivity contribution is 7.89. The maximum Gasteiger partial charge on any atom is 0.416 e. The molecule has 0 saturated carbocycles. The average molecular weight is 649 g/mol. The van der Waals surface area contributed by atoms with E-state index in [0.717, 1.165) is 22.4 Å². The quantitative estimate of drug-likeness (QED) is 0.216. The van der Waals surface area contributed by atoms with Gasteiger partial charge in [-0.15, -0.1) is 0 Å². The minimum atomic E-state index is -3.37. The third-order valence-corrected chi connectivity index (χ3v) is 8.88. The first-order valence-electron chi connectivity index (χ1n) is 13.9. The van der Waals surface area contributed by atoms with Gasteiger partial charge in [0.15, 0.2) is 0 Å². The monoisotopic (exact) mass is 647 g/mol. The second kappa shape index (κ2) is 14.9. The van der Waals surface area contributed by atoms with Crippen molar-refractivity contribution in [3.63, 3.8) is 0 Å². The number of aliphatic hydroxyl groups excluding tert-OH is 1. The largest absolute Gasteiger partial charge is 0.493 e. The van der Waals surface area contributed by atoms with Crippen LogP contribution in [0.3, 0.4) is 0 Å². The summed E-state index contributed by atoms with van der Waals surface area (Å²) in [7, 11) is -1.52. The molecule has 0 spiro atoms. The van der Waals surface area contributed by atoms with Crippen LogP contribution in [0.2, 0.25) is 10.0 Å². The first kappa shape index (κ1) is 32.6. The zero-order valence-electron chi connectivity index (χ0n) is 23.9. The number of halogens is 2. The Bertz CT molecular complexity index is 1530. The Balaban J connectivity index is 1.52. The molecule has 0 fully saturated rings. The van der Waals surface area contributed by atoms with Crippen LogP contribution in [-0.4, -0.2) is 63.1 Å². The maximum atomic E-state index is 13.4. The lowest BCUT2D eigenvalue weighted by atomic mass is 9.91. The number of carbonyl (C=O) groups is 1. The number of carbonyl (C=O) groups excluding carboxylic acids is 1. The van der Waals surface area contributed by atoms with Crippen molar-refractivity contribution < 1.29 is 27.8 Å². The summed E-state index contributed by atoms with van der Waals surface area (Å²) in [5, 5.41) is 14.5. The second-order valence-electron chi connectivity index (χ2n) is 9.95. The van der Waals surface area contributed by atoms with Gasteiger partial charge in [-0.2, -0.15) is 0 Å². The minimum absolute atomic E-state index is 0.0493. The topological polar surface area (TPSA) is 117 Å². The molecule has 9 nitrogen and oxygen atoms in total. The highest BCUT2D eigenvalue weighted by Gasteiger charge is 2.30. The van der Waals surface area contributed by atoms with Crippen molar-refractivity contribution in [3.05, 3.63) is 94.0 Å². The highest BCUT2D eigenvalue weighted by atomic mass is 35.5. The van der Waals surface area contributed by atoms with Crippen LogP contribution in [0.25, 0.3) is 5.57 Å². The number of rotatable bonds is 12. The van der Waals surface area contributed by atoms with Gasteiger partial charge in [0.2, 0.25) is 10.0 Å². The third kappa shape index (κ3) is 9.11. The molecule has 4 rings (SSSR count). The fourth-order valence-electron chi connectivity index (χ4n) is 4.61. The number of nitrogens with zero attached hydrogens (tertiary/aromatic N) is 1. The summed E-state index contributed by atoms with van der Waals surface area (Å²) < 4.78 is 37.0. The molecule has 1 unspecified atom stereocenters. The molecule has 12 heteroatoms. The summed E-state index contributed by atoms with van der Waals surface area (Å²) in [6.07, 6.45) is 1.53. The van der Waals surface area contributed by atoms with Crippen LogP contribution in [0.4, 0.5) is 10.5 Å². The van der Waals surface area contributed by atoms with Crippen molar-refractivity contribution in [2.45, 2.75) is 31.9 Å². The number of hydrogen-bond acceptors (Lipinski definition) is 7. The fourth-order valence-corrected chi connectivity index (χ4v) is 5.56. The van der Waals surface area contributed by atoms with Gasteiger partial charge in [-0.05, 0) is 79.1 Å². The summed E-state index contributed by atoms with van der Waals surface area (Å²) in [5.74, 6) is 0.920. The SMILES string of the molecule is CCS(=O)(=O)NCC(O)CCOc1ccc([C@H]2C=C(c3cc(Cl)ccc3NC)CCN2C(=O)Oc2ccc(Cl)cc2)cc1. The van der Waals surface area contributed by atoms with Gasteiger partial charge in [0.05, 0.1) is 24.5 Å². The molecule has 1 aliphatic heterocycles. The maximum absolute atomic E-state index is 13.4. The smallest absolute Gasteiger partial charge is 0.416 e. The van der Waals surface area contributed by atoms with Crippen molar-refractivity contribution in [2.24, 2.45) is 0 Å². The number of benzene rings is 3. The first-order valence-corrected chi connectivity index (χ1v) is 16.3. The molecule has 3 aromatic carbocycles. The molecule has 0 radical (unpaired) electrons. The molecule has 0 saturated heterocycles. The zero-order chi connectivity index (χ0) is 31.0. The van der Waals surface area contributed by atoms with Crippen LogP contribution in [0.5, 0.6) is 11.5 Å². The first-order chi connectivity index (χ1) is 20.6. The molecule has 3 N–H and O–H groups in total. The minimum Gasteiger partial charge on any atom is -0.493 e. The number of aliphatic hydroxyl groups is 1. The van der Waals surface area contributed by atoms with E-state index in [0.29, 0.717) is 34.5 Å². The van der Waals surface area contributed by atoms with Gasteiger partial charge in [-0.25, -0.2) is 17.9 Å². The number of amides is 1. The Labute approximate surface area is 262 Å². The van der Waals surface area contributed by atoms with Crippen molar-refractivity contribution >= 4 is 50.6 Å². The van der Waals surface area contributed by atoms with E-state index in [-0.39, 0.29) is 25.3 Å². The van der Waals surface area contributed by atoms with E-state index < -0.39 is 28.3 Å². The molecule has 2 atom stereocenters. The number of sulfonamides is 1. The molecule has 1 heterocycles. The van der Waals surface area contributed by atoms with Crippen molar-refractivity contribution in [1.82, 2.24) is 9.62 Å². The lowest BCUT2D eigenvalue weighted by molar-refractivity contribution is 0.140. The normalized spacial score (nSPS) is 15.9. The van der Waals surface area contributed by atoms with Crippen LogP contribution in [0.1, 0.15) is 36.9 Å². The predicted octanol–water partition coefficient (Wildman–Crippen LogP) is 6.13. The van der Waals surface area contributed by atoms with E-state index >= 15 is 0 Å². The van der Waals surface area contributed by atoms with Gasteiger partial charge in [0.1, 0.15) is 11.5 Å². The number of nitrogens with one attached hydrogen (secondary N) is 2. The van der Waals surface area contributed by atoms with E-state index in [1.807, 2.05) is 43.5 Å². The molecule has 1 amide bonds. The van der Waals surface area contributed by atoms with E-state index in [4.69, 9.17) is 32.7 Å². The predicted molar refractivity (Wildman–Crippen MR) is 171 cm³/mol. The Kier molecular flexibility index (Phi) is 11.3. The average Bonchev–Trinajstić information content (AvgIpc) is 3.01. The van der Waals surface area contributed by atoms with Crippen LogP contribution in [0, 0.1) is 0 Å². The molecular weight excluding hydrogens is 613 g/mol. The highest BCUT2D eigenvalue weighted by Crippen LogP contribution is 2.38. The van der Waals surface area contributed by atoms with Gasteiger partial charge in [-0.1, -0.05) is 41.4 Å². The number of hydrogen-bond donors (Lipinski definition) is 3. The van der Waals surface area contributed by atoms with Gasteiger partial charge in [0.25, 0.3) is 0 Å². The fraction of sp³-hybridized carbons (Fsp3) is 0.323. The van der Waals surface area contributed by atoms with E-state index in [9.17, 15) is 18.3 Å². The van der Waals surface area contributed by atoms with Crippen molar-refractivity contribution in [1.29, 1.82) is 0 Å². The van der Waals surface area contributed by atoms with Crippen LogP contribution in [0.15, 0.2) is 72.8 Å². The van der Waals surface area contributed by atoms with Crippen LogP contribution >= 0.6 is 23.2 Å². The Morgan fingerprint density at radius 2 is 1.72 bits per heavy atom. The molecule has 43 heavy (non-hydrogen) atoms. The Morgan fingerprint density at radius 3 is 2.40 bits per heavy atom. The van der Waals surface area contributed by atoms with E-state index in [1.165, 1.54) is 6.92 Å². The molecular formula is C31H35Cl2N3O6S. The summed E-state index contributed by atoms with van der Waals surface area (Å²) in [5.41, 5.74) is 3.78. The number of ether oxygens (including phenoxy) is 2. The van der Waals surface area contributed by atoms with Gasteiger partial charge in [-0.3, -0.25) is 4.90 Å². The molecule has 0 aromatic heterocycles. The van der Waals surface area contributed by atoms with Crippen LogP contribution < -0.4 is 19.5 Å². The molecule has 0 aliphatic carbocycles. The van der Waals surface area contributed by atoms with Gasteiger partial charge < -0.3 is 19.9 Å². The summed E-state index contributed by atoms with van der Waals surface area (Å²) >= 11 is 12.3. The Hall–Kier alpha value is -3.28. The standard InChI is InChI=1S/C31H35Cl2N3O6S/c1-3-43(39,40)35-20-25(37)15-17-41-26-9-4-21(5-10-26)30-18-22(28-19-24(33)8-13-29(28)34-2)14-16-36(30)31(38)42-27-11-6-23(32)7-12-27/h4-13,18-19,25,30,34-35,37H,3,14-17,20H2,1-2H3/t25?,30-/m1/s1. The molecule has 3 aromatic rings. The second-order valence-corrected chi connectivity index (χ2v) is 12.9. The Morgan fingerprint density at radius 1 is 1.05 bits per heavy atom. The molecule has 1 aliphatic rings. The third-order valence-electron chi connectivity index (χ3n) is 7.03. The summed E-state index contributed by atoms with van der Waals surface area (Å²) in [6.45, 7) is 2.07. The van der Waals surface area contributed by atoms with E-state index in [1.54, 1.807) is 41.3 Å². The van der Waals surface area contributed by atoms with E-state index in [2.05, 4.69) is 10.0 Å². The summed E-state index contributed by atoms with van der Waals surface area (Å²) in [4.78, 5) is 15.1. The lowest BCUT2D eigenvalue weighted by Crippen LogP contribution is -2.39. The van der Waals surface area contributed by atoms with Crippen LogP contribution in [-0.2, 0) is 10.0 Å². The summed E-state index contributed by atoms with van der Waals surface area (Å²) in [6, 6.07) is 19.2. The molecule has 230 valence electrons. The lowest BCUT2D eigenvalue weighted by Gasteiger charge is -2.34. The van der Waals surface area contributed by atoms with Gasteiger partial charge >= 0.3 is 6.09 Å². The van der Waals surface area contributed by atoms with Gasteiger partial charge in [0, 0.05) is 47.9 Å². The number of anilines is 1. The molecule has 0 bridgehead atoms. The van der Waals surface area contributed by atoms with Crippen molar-refractivity contribution in [2.75, 3.05) is 37.8 Å².